The zero-order valence-electron chi connectivity index (χ0n) is 7.12. The molecule has 1 nitrogen and oxygen atoms in total. The highest BCUT2D eigenvalue weighted by Gasteiger charge is 2.58. The fraction of sp³-hybridized carbons (Fsp3) is 1.00. The van der Waals surface area contributed by atoms with Gasteiger partial charge in [0.2, 0.25) is 0 Å². The number of halogens is 1. The van der Waals surface area contributed by atoms with Gasteiger partial charge in [-0.3, -0.25) is 0 Å². The molecule has 1 N–H and O–H groups in total. The van der Waals surface area contributed by atoms with Gasteiger partial charge < -0.3 is 5.11 Å². The average Bonchev–Trinajstić information content (AvgIpc) is 2.61. The van der Waals surface area contributed by atoms with Crippen LogP contribution in [0.1, 0.15) is 25.7 Å². The third-order valence-corrected chi connectivity index (χ3v) is 5.02. The summed E-state index contributed by atoms with van der Waals surface area (Å²) in [7, 11) is 0. The van der Waals surface area contributed by atoms with Gasteiger partial charge in [-0.15, -0.1) is 11.6 Å². The maximum Gasteiger partial charge on any atom is 0.0588 e. The molecular formula is C10H15ClO. The predicted molar refractivity (Wildman–Crippen MR) is 48.1 cm³/mol. The molecule has 12 heavy (non-hydrogen) atoms. The van der Waals surface area contributed by atoms with Gasteiger partial charge in [-0.05, 0) is 37.0 Å². The first-order valence-electron chi connectivity index (χ1n) is 5.11. The van der Waals surface area contributed by atoms with E-state index >= 15 is 0 Å². The Bertz CT molecular complexity index is 204. The summed E-state index contributed by atoms with van der Waals surface area (Å²) in [6.07, 6.45) is 4.99. The number of rotatable bonds is 0. The molecule has 0 amide bonds. The lowest BCUT2D eigenvalue weighted by Crippen LogP contribution is -2.28. The lowest BCUT2D eigenvalue weighted by atomic mass is 9.80. The van der Waals surface area contributed by atoms with Gasteiger partial charge in [0.1, 0.15) is 0 Å². The topological polar surface area (TPSA) is 20.2 Å². The van der Waals surface area contributed by atoms with Crippen LogP contribution in [0.25, 0.3) is 0 Å². The summed E-state index contributed by atoms with van der Waals surface area (Å²) in [5.74, 6) is 2.76. The molecule has 3 aliphatic carbocycles. The van der Waals surface area contributed by atoms with Crippen molar-refractivity contribution in [3.8, 4) is 0 Å². The van der Waals surface area contributed by atoms with E-state index in [-0.39, 0.29) is 6.10 Å². The van der Waals surface area contributed by atoms with Crippen LogP contribution in [0.5, 0.6) is 0 Å². The average molecular weight is 187 g/mol. The van der Waals surface area contributed by atoms with Crippen molar-refractivity contribution in [2.24, 2.45) is 23.7 Å². The molecule has 0 saturated heterocycles. The van der Waals surface area contributed by atoms with Crippen molar-refractivity contribution < 1.29 is 5.11 Å². The van der Waals surface area contributed by atoms with Crippen LogP contribution in [0.4, 0.5) is 0 Å². The third kappa shape index (κ3) is 0.748. The Balaban J connectivity index is 1.94. The van der Waals surface area contributed by atoms with Crippen LogP contribution in [-0.2, 0) is 0 Å². The lowest BCUT2D eigenvalue weighted by Gasteiger charge is -2.27. The van der Waals surface area contributed by atoms with Crippen LogP contribution >= 0.6 is 11.6 Å². The van der Waals surface area contributed by atoms with E-state index in [1.165, 1.54) is 19.3 Å². The van der Waals surface area contributed by atoms with Crippen LogP contribution in [0.15, 0.2) is 0 Å². The summed E-state index contributed by atoms with van der Waals surface area (Å²) in [5.41, 5.74) is 0. The molecule has 3 aliphatic rings. The second-order valence-corrected chi connectivity index (χ2v) is 5.25. The number of hydrogen-bond acceptors (Lipinski definition) is 1. The lowest BCUT2D eigenvalue weighted by molar-refractivity contribution is 0.0644. The normalized spacial score (nSPS) is 62.5. The summed E-state index contributed by atoms with van der Waals surface area (Å²) in [6.45, 7) is 0. The molecule has 0 spiro atoms. The number of hydrogen-bond donors (Lipinski definition) is 1. The molecule has 2 bridgehead atoms. The third-order valence-electron chi connectivity index (χ3n) is 4.40. The molecule has 68 valence electrons. The summed E-state index contributed by atoms with van der Waals surface area (Å²) in [4.78, 5) is 0. The first-order chi connectivity index (χ1) is 5.79. The maximum atomic E-state index is 9.75. The second-order valence-electron chi connectivity index (χ2n) is 4.75. The predicted octanol–water partition coefficient (Wildman–Crippen LogP) is 2.02. The molecule has 0 radical (unpaired) electrons. The van der Waals surface area contributed by atoms with Crippen molar-refractivity contribution >= 4 is 11.6 Å². The smallest absolute Gasteiger partial charge is 0.0588 e. The van der Waals surface area contributed by atoms with Crippen LogP contribution in [0.3, 0.4) is 0 Å². The zero-order valence-corrected chi connectivity index (χ0v) is 7.87. The Morgan fingerprint density at radius 3 is 2.67 bits per heavy atom. The van der Waals surface area contributed by atoms with Gasteiger partial charge in [-0.25, -0.2) is 0 Å². The largest absolute Gasteiger partial charge is 0.393 e. The molecule has 2 heteroatoms. The summed E-state index contributed by atoms with van der Waals surface area (Å²) in [5, 5.41) is 10.1. The number of aliphatic hydroxyl groups excluding tert-OH is 1. The Hall–Kier alpha value is 0.250. The van der Waals surface area contributed by atoms with E-state index in [1.54, 1.807) is 0 Å². The summed E-state index contributed by atoms with van der Waals surface area (Å²) in [6, 6.07) is 0. The minimum Gasteiger partial charge on any atom is -0.393 e. The van der Waals surface area contributed by atoms with Crippen LogP contribution in [0, 0.1) is 23.7 Å². The Morgan fingerprint density at radius 1 is 1.08 bits per heavy atom. The van der Waals surface area contributed by atoms with Crippen molar-refractivity contribution in [3.63, 3.8) is 0 Å². The molecule has 0 aliphatic heterocycles. The minimum absolute atomic E-state index is 0.0724. The molecule has 3 rings (SSSR count). The van der Waals surface area contributed by atoms with Crippen molar-refractivity contribution in [2.45, 2.75) is 37.2 Å². The van der Waals surface area contributed by atoms with Gasteiger partial charge in [0.05, 0.1) is 6.10 Å². The van der Waals surface area contributed by atoms with Crippen molar-refractivity contribution in [1.29, 1.82) is 0 Å². The molecule has 0 unspecified atom stereocenters. The molecule has 0 aromatic rings. The molecule has 0 aromatic heterocycles. The monoisotopic (exact) mass is 186 g/mol. The molecule has 3 saturated carbocycles. The van der Waals surface area contributed by atoms with Crippen LogP contribution in [-0.4, -0.2) is 16.6 Å². The first kappa shape index (κ1) is 7.64. The van der Waals surface area contributed by atoms with E-state index in [0.29, 0.717) is 17.2 Å². The van der Waals surface area contributed by atoms with Crippen molar-refractivity contribution in [1.82, 2.24) is 0 Å². The number of alkyl halides is 1. The molecule has 0 heterocycles. The van der Waals surface area contributed by atoms with E-state index in [0.717, 1.165) is 18.3 Å². The fourth-order valence-corrected chi connectivity index (χ4v) is 4.67. The van der Waals surface area contributed by atoms with E-state index in [4.69, 9.17) is 11.6 Å². The maximum absolute atomic E-state index is 9.75. The van der Waals surface area contributed by atoms with Gasteiger partial charge in [0.25, 0.3) is 0 Å². The van der Waals surface area contributed by atoms with Gasteiger partial charge in [-0.2, -0.15) is 0 Å². The van der Waals surface area contributed by atoms with E-state index < -0.39 is 0 Å². The number of fused-ring (bicyclic) bond motifs is 5. The van der Waals surface area contributed by atoms with Crippen molar-refractivity contribution in [2.75, 3.05) is 0 Å². The van der Waals surface area contributed by atoms with E-state index in [9.17, 15) is 5.11 Å². The second kappa shape index (κ2) is 2.39. The van der Waals surface area contributed by atoms with Gasteiger partial charge in [-0.1, -0.05) is 6.42 Å². The highest BCUT2D eigenvalue weighted by molar-refractivity contribution is 6.21. The summed E-state index contributed by atoms with van der Waals surface area (Å²) >= 11 is 6.31. The van der Waals surface area contributed by atoms with Gasteiger partial charge in [0, 0.05) is 11.3 Å². The van der Waals surface area contributed by atoms with Crippen LogP contribution in [0.2, 0.25) is 0 Å². The highest BCUT2D eigenvalue weighted by Crippen LogP contribution is 2.60. The minimum atomic E-state index is -0.0724. The standard InChI is InChI=1S/C10H15ClO/c11-10-7-4-8(12)9(10)6-3-1-2-5(6)7/h5-10,12H,1-4H2/t5-,6+,7-,8+,9-,10-/m1/s1. The Labute approximate surface area is 78.1 Å². The Morgan fingerprint density at radius 2 is 1.83 bits per heavy atom. The molecule has 0 aromatic carbocycles. The molecule has 3 fully saturated rings. The van der Waals surface area contributed by atoms with E-state index in [1.807, 2.05) is 0 Å². The molecule has 6 atom stereocenters. The first-order valence-corrected chi connectivity index (χ1v) is 5.55. The number of aliphatic hydroxyl groups is 1. The van der Waals surface area contributed by atoms with E-state index in [2.05, 4.69) is 0 Å². The fourth-order valence-electron chi connectivity index (χ4n) is 4.02. The van der Waals surface area contributed by atoms with Gasteiger partial charge >= 0.3 is 0 Å². The van der Waals surface area contributed by atoms with Crippen LogP contribution < -0.4 is 0 Å². The quantitative estimate of drug-likeness (QED) is 0.574. The highest BCUT2D eigenvalue weighted by atomic mass is 35.5. The van der Waals surface area contributed by atoms with Gasteiger partial charge in [0.15, 0.2) is 0 Å². The SMILES string of the molecule is O[C@H]1C[C@H]2[C@@H](Cl)[C@@H]1[C@H]1CCC[C@@H]21. The zero-order chi connectivity index (χ0) is 8.29. The van der Waals surface area contributed by atoms with Crippen molar-refractivity contribution in [3.05, 3.63) is 0 Å². The molecular weight excluding hydrogens is 172 g/mol. The summed E-state index contributed by atoms with van der Waals surface area (Å²) < 4.78 is 0. The Kier molecular flexibility index (Phi) is 1.52.